The van der Waals surface area contributed by atoms with Crippen LogP contribution in [0.1, 0.15) is 6.42 Å². The van der Waals surface area contributed by atoms with Gasteiger partial charge in [0.2, 0.25) is 0 Å². The second-order valence-corrected chi connectivity index (χ2v) is 3.96. The molecule has 0 unspecified atom stereocenters. The highest BCUT2D eigenvalue weighted by molar-refractivity contribution is 5.76. The summed E-state index contributed by atoms with van der Waals surface area (Å²) in [6.45, 7) is 4.95. The van der Waals surface area contributed by atoms with Crippen molar-refractivity contribution in [2.75, 3.05) is 39.3 Å². The molecule has 2 saturated heterocycles. The zero-order valence-electron chi connectivity index (χ0n) is 8.28. The van der Waals surface area contributed by atoms with Crippen LogP contribution in [0.2, 0.25) is 0 Å². The monoisotopic (exact) mass is 199 g/mol. The Morgan fingerprint density at radius 2 is 2.29 bits per heavy atom. The van der Waals surface area contributed by atoms with Crippen LogP contribution in [-0.4, -0.2) is 66.3 Å². The van der Waals surface area contributed by atoms with Crippen molar-refractivity contribution in [1.29, 1.82) is 0 Å². The number of amides is 2. The predicted octanol–water partition coefficient (Wildman–Crippen LogP) is -0.922. The van der Waals surface area contributed by atoms with E-state index in [1.807, 2.05) is 4.90 Å². The van der Waals surface area contributed by atoms with Gasteiger partial charge in [0.05, 0.1) is 6.10 Å². The Labute approximate surface area is 83.7 Å². The second-order valence-electron chi connectivity index (χ2n) is 3.96. The molecule has 0 saturated carbocycles. The Morgan fingerprint density at radius 1 is 1.43 bits per heavy atom. The van der Waals surface area contributed by atoms with Crippen molar-refractivity contribution in [1.82, 2.24) is 15.1 Å². The number of likely N-dealkylation sites (tertiary alicyclic amines) is 1. The highest BCUT2D eigenvalue weighted by Gasteiger charge is 2.23. The summed E-state index contributed by atoms with van der Waals surface area (Å²) >= 11 is 0. The number of aliphatic hydroxyl groups excluding tert-OH is 1. The van der Waals surface area contributed by atoms with E-state index >= 15 is 0 Å². The molecule has 2 rings (SSSR count). The van der Waals surface area contributed by atoms with Gasteiger partial charge in [0.25, 0.3) is 0 Å². The number of carbonyl (C=O) groups is 1. The van der Waals surface area contributed by atoms with Crippen LogP contribution in [0, 0.1) is 0 Å². The number of hydrogen-bond acceptors (Lipinski definition) is 3. The smallest absolute Gasteiger partial charge is 0.317 e. The Hall–Kier alpha value is -0.810. The van der Waals surface area contributed by atoms with Gasteiger partial charge >= 0.3 is 6.03 Å². The number of hydrogen-bond donors (Lipinski definition) is 2. The maximum Gasteiger partial charge on any atom is 0.317 e. The molecule has 2 amide bonds. The third-order valence-electron chi connectivity index (χ3n) is 2.88. The van der Waals surface area contributed by atoms with E-state index in [1.54, 1.807) is 0 Å². The SMILES string of the molecule is O=C1NCCN1CCN1CC[C@H](O)C1. The second kappa shape index (κ2) is 4.14. The average molecular weight is 199 g/mol. The van der Waals surface area contributed by atoms with Crippen molar-refractivity contribution in [2.45, 2.75) is 12.5 Å². The Kier molecular flexibility index (Phi) is 2.88. The van der Waals surface area contributed by atoms with Gasteiger partial charge in [-0.15, -0.1) is 0 Å². The highest BCUT2D eigenvalue weighted by Crippen LogP contribution is 2.08. The highest BCUT2D eigenvalue weighted by atomic mass is 16.3. The maximum atomic E-state index is 11.2. The van der Waals surface area contributed by atoms with Crippen molar-refractivity contribution in [3.05, 3.63) is 0 Å². The fourth-order valence-electron chi connectivity index (χ4n) is 2.00. The fraction of sp³-hybridized carbons (Fsp3) is 0.889. The molecule has 2 heterocycles. The minimum absolute atomic E-state index is 0.0461. The van der Waals surface area contributed by atoms with Crippen LogP contribution >= 0.6 is 0 Å². The lowest BCUT2D eigenvalue weighted by molar-refractivity contribution is 0.171. The average Bonchev–Trinajstić information content (AvgIpc) is 2.72. The number of carbonyl (C=O) groups excluding carboxylic acids is 1. The summed E-state index contributed by atoms with van der Waals surface area (Å²) < 4.78 is 0. The molecule has 0 bridgehead atoms. The third kappa shape index (κ3) is 2.16. The first kappa shape index (κ1) is 9.73. The van der Waals surface area contributed by atoms with Gasteiger partial charge in [-0.25, -0.2) is 4.79 Å². The number of β-amino-alcohol motifs (C(OH)–C–C–N with tert-alkyl or cyclic N) is 1. The molecule has 2 aliphatic heterocycles. The van der Waals surface area contributed by atoms with E-state index in [-0.39, 0.29) is 12.1 Å². The van der Waals surface area contributed by atoms with Crippen molar-refractivity contribution in [3.8, 4) is 0 Å². The zero-order chi connectivity index (χ0) is 9.97. The third-order valence-corrected chi connectivity index (χ3v) is 2.88. The fourth-order valence-corrected chi connectivity index (χ4v) is 2.00. The van der Waals surface area contributed by atoms with E-state index in [2.05, 4.69) is 10.2 Å². The van der Waals surface area contributed by atoms with Crippen molar-refractivity contribution in [3.63, 3.8) is 0 Å². The van der Waals surface area contributed by atoms with Crippen LogP contribution in [0.3, 0.4) is 0 Å². The largest absolute Gasteiger partial charge is 0.392 e. The Balaban J connectivity index is 1.69. The number of aliphatic hydroxyl groups is 1. The summed E-state index contributed by atoms with van der Waals surface area (Å²) in [7, 11) is 0. The molecule has 0 spiro atoms. The first-order valence-electron chi connectivity index (χ1n) is 5.19. The molecule has 0 aromatic carbocycles. The summed E-state index contributed by atoms with van der Waals surface area (Å²) in [5, 5.41) is 12.1. The number of urea groups is 1. The van der Waals surface area contributed by atoms with Crippen molar-refractivity contribution in [2.24, 2.45) is 0 Å². The molecule has 5 heteroatoms. The van der Waals surface area contributed by atoms with Crippen LogP contribution in [0.15, 0.2) is 0 Å². The van der Waals surface area contributed by atoms with Gasteiger partial charge < -0.3 is 15.3 Å². The quantitative estimate of drug-likeness (QED) is 0.618. The Bertz CT molecular complexity index is 222. The summed E-state index contributed by atoms with van der Waals surface area (Å²) in [6.07, 6.45) is 0.703. The standard InChI is InChI=1S/C9H17N3O2/c13-8-1-3-11(7-8)5-6-12-4-2-10-9(12)14/h8,13H,1-7H2,(H,10,14)/t8-/m0/s1. The van der Waals surface area contributed by atoms with Crippen LogP contribution in [0.5, 0.6) is 0 Å². The maximum absolute atomic E-state index is 11.2. The molecule has 1 atom stereocenters. The number of rotatable bonds is 3. The van der Waals surface area contributed by atoms with Crippen LogP contribution < -0.4 is 5.32 Å². The summed E-state index contributed by atoms with van der Waals surface area (Å²) in [5.41, 5.74) is 0. The molecule has 0 aliphatic carbocycles. The Morgan fingerprint density at radius 3 is 2.86 bits per heavy atom. The molecule has 0 aromatic rings. The van der Waals surface area contributed by atoms with Gasteiger partial charge in [-0.3, -0.25) is 4.90 Å². The normalized spacial score (nSPS) is 28.5. The lowest BCUT2D eigenvalue weighted by Gasteiger charge is -2.19. The molecule has 14 heavy (non-hydrogen) atoms. The topological polar surface area (TPSA) is 55.8 Å². The first-order valence-corrected chi connectivity index (χ1v) is 5.19. The van der Waals surface area contributed by atoms with Crippen LogP contribution in [0.25, 0.3) is 0 Å². The van der Waals surface area contributed by atoms with Gasteiger partial charge in [0, 0.05) is 39.3 Å². The van der Waals surface area contributed by atoms with Gasteiger partial charge in [-0.1, -0.05) is 0 Å². The molecule has 5 nitrogen and oxygen atoms in total. The van der Waals surface area contributed by atoms with Crippen molar-refractivity contribution >= 4 is 6.03 Å². The van der Waals surface area contributed by atoms with E-state index in [0.29, 0.717) is 0 Å². The molecular weight excluding hydrogens is 182 g/mol. The van der Waals surface area contributed by atoms with E-state index in [0.717, 1.165) is 45.7 Å². The molecule has 0 radical (unpaired) electrons. The molecule has 2 fully saturated rings. The zero-order valence-corrected chi connectivity index (χ0v) is 8.28. The van der Waals surface area contributed by atoms with E-state index in [4.69, 9.17) is 0 Å². The van der Waals surface area contributed by atoms with E-state index < -0.39 is 0 Å². The summed E-state index contributed by atoms with van der Waals surface area (Å²) in [6, 6.07) is 0.0461. The number of nitrogens with zero attached hydrogens (tertiary/aromatic N) is 2. The van der Waals surface area contributed by atoms with E-state index in [9.17, 15) is 9.90 Å². The van der Waals surface area contributed by atoms with Gasteiger partial charge in [-0.2, -0.15) is 0 Å². The van der Waals surface area contributed by atoms with Crippen molar-refractivity contribution < 1.29 is 9.90 Å². The van der Waals surface area contributed by atoms with Gasteiger partial charge in [0.1, 0.15) is 0 Å². The minimum Gasteiger partial charge on any atom is -0.392 e. The minimum atomic E-state index is -0.164. The van der Waals surface area contributed by atoms with Gasteiger partial charge in [0.15, 0.2) is 0 Å². The lowest BCUT2D eigenvalue weighted by atomic mass is 10.3. The van der Waals surface area contributed by atoms with Crippen LogP contribution in [0.4, 0.5) is 4.79 Å². The molecular formula is C9H17N3O2. The number of nitrogens with one attached hydrogen (secondary N) is 1. The molecule has 2 N–H and O–H groups in total. The first-order chi connectivity index (χ1) is 6.75. The summed E-state index contributed by atoms with van der Waals surface area (Å²) in [5.74, 6) is 0. The van der Waals surface area contributed by atoms with Crippen LogP contribution in [-0.2, 0) is 0 Å². The molecule has 80 valence electrons. The summed E-state index contributed by atoms with van der Waals surface area (Å²) in [4.78, 5) is 15.2. The molecule has 2 aliphatic rings. The van der Waals surface area contributed by atoms with E-state index in [1.165, 1.54) is 0 Å². The molecule has 0 aromatic heterocycles. The lowest BCUT2D eigenvalue weighted by Crippen LogP contribution is -2.36. The van der Waals surface area contributed by atoms with Gasteiger partial charge in [-0.05, 0) is 6.42 Å². The predicted molar refractivity (Wildman–Crippen MR) is 52.0 cm³/mol.